The van der Waals surface area contributed by atoms with E-state index in [0.29, 0.717) is 13.2 Å². The van der Waals surface area contributed by atoms with Gasteiger partial charge < -0.3 is 9.47 Å². The molecule has 0 atom stereocenters. The molecule has 33 heavy (non-hydrogen) atoms. The van der Waals surface area contributed by atoms with E-state index in [1.54, 1.807) is 6.08 Å². The van der Waals surface area contributed by atoms with Crippen LogP contribution < -0.4 is 4.74 Å². The van der Waals surface area contributed by atoms with E-state index >= 15 is 0 Å². The largest absolute Gasteiger partial charge is 0.488 e. The molecular formula is C30H26O3. The number of carbonyl (C=O) groups excluding carboxylic acids is 1. The van der Waals surface area contributed by atoms with Crippen molar-refractivity contribution in [1.82, 2.24) is 0 Å². The molecule has 0 unspecified atom stereocenters. The maximum atomic E-state index is 12.1. The van der Waals surface area contributed by atoms with Gasteiger partial charge in [-0.15, -0.1) is 0 Å². The third kappa shape index (κ3) is 4.54. The van der Waals surface area contributed by atoms with Crippen molar-refractivity contribution in [2.45, 2.75) is 26.4 Å². The lowest BCUT2D eigenvalue weighted by Gasteiger charge is -2.15. The number of ether oxygens (including phenoxy) is 2. The maximum absolute atomic E-state index is 12.1. The highest BCUT2D eigenvalue weighted by Crippen LogP contribution is 2.41. The van der Waals surface area contributed by atoms with Crippen LogP contribution in [0.1, 0.15) is 30.0 Å². The molecule has 0 fully saturated rings. The summed E-state index contributed by atoms with van der Waals surface area (Å²) >= 11 is 0. The number of rotatable bonds is 6. The molecule has 1 aliphatic carbocycles. The second-order valence-electron chi connectivity index (χ2n) is 8.26. The third-order valence-electron chi connectivity index (χ3n) is 6.09. The summed E-state index contributed by atoms with van der Waals surface area (Å²) in [5.41, 5.74) is 6.61. The number of aryl methyl sites for hydroxylation is 1. The second kappa shape index (κ2) is 9.33. The molecule has 0 spiro atoms. The zero-order valence-corrected chi connectivity index (χ0v) is 18.7. The lowest BCUT2D eigenvalue weighted by molar-refractivity contribution is -0.137. The summed E-state index contributed by atoms with van der Waals surface area (Å²) in [4.78, 5) is 12.1. The van der Waals surface area contributed by atoms with Crippen LogP contribution in [-0.2, 0) is 22.6 Å². The molecule has 1 aliphatic rings. The van der Waals surface area contributed by atoms with Gasteiger partial charge in [0.15, 0.2) is 0 Å². The zero-order chi connectivity index (χ0) is 22.6. The summed E-state index contributed by atoms with van der Waals surface area (Å²) in [6, 6.07) is 29.4. The van der Waals surface area contributed by atoms with Crippen molar-refractivity contribution < 1.29 is 14.3 Å². The first kappa shape index (κ1) is 21.0. The monoisotopic (exact) mass is 434 g/mol. The van der Waals surface area contributed by atoms with Gasteiger partial charge in [0.1, 0.15) is 12.4 Å². The summed E-state index contributed by atoms with van der Waals surface area (Å²) in [5, 5.41) is 2.39. The molecule has 0 aromatic heterocycles. The second-order valence-corrected chi connectivity index (χ2v) is 8.26. The van der Waals surface area contributed by atoms with E-state index < -0.39 is 0 Å². The first-order valence-corrected chi connectivity index (χ1v) is 11.4. The highest BCUT2D eigenvalue weighted by molar-refractivity contribution is 5.95. The molecule has 0 radical (unpaired) electrons. The Labute approximate surface area is 194 Å². The SMILES string of the molecule is CCOC(=O)C=C1CCc2cc(OCc3ccccc3)c(-c3ccc4ccccc4c3)cc21. The minimum absolute atomic E-state index is 0.281. The number of benzene rings is 4. The van der Waals surface area contributed by atoms with Crippen LogP contribution in [0.5, 0.6) is 5.75 Å². The van der Waals surface area contributed by atoms with Crippen molar-refractivity contribution in [3.8, 4) is 16.9 Å². The van der Waals surface area contributed by atoms with Gasteiger partial charge in [0.05, 0.1) is 6.61 Å². The average Bonchev–Trinajstić information content (AvgIpc) is 3.24. The van der Waals surface area contributed by atoms with E-state index in [-0.39, 0.29) is 5.97 Å². The molecule has 3 heteroatoms. The normalized spacial score (nSPS) is 13.8. The van der Waals surface area contributed by atoms with Crippen LogP contribution in [0.3, 0.4) is 0 Å². The smallest absolute Gasteiger partial charge is 0.331 e. The molecule has 0 N–H and O–H groups in total. The summed E-state index contributed by atoms with van der Waals surface area (Å²) in [7, 11) is 0. The Hall–Kier alpha value is -3.85. The van der Waals surface area contributed by atoms with Crippen molar-refractivity contribution in [2.24, 2.45) is 0 Å². The first-order valence-electron chi connectivity index (χ1n) is 11.4. The molecule has 0 aliphatic heterocycles. The summed E-state index contributed by atoms with van der Waals surface area (Å²) in [6.07, 6.45) is 3.36. The highest BCUT2D eigenvalue weighted by atomic mass is 16.5. The number of allylic oxidation sites excluding steroid dienone is 1. The summed E-state index contributed by atoms with van der Waals surface area (Å²) in [6.45, 7) is 2.71. The van der Waals surface area contributed by atoms with Gasteiger partial charge in [-0.1, -0.05) is 66.7 Å². The Bertz CT molecular complexity index is 1340. The molecule has 0 heterocycles. The predicted molar refractivity (Wildman–Crippen MR) is 133 cm³/mol. The maximum Gasteiger partial charge on any atom is 0.331 e. The fourth-order valence-electron chi connectivity index (χ4n) is 4.44. The van der Waals surface area contributed by atoms with Crippen LogP contribution in [-0.4, -0.2) is 12.6 Å². The van der Waals surface area contributed by atoms with Crippen LogP contribution in [0.25, 0.3) is 27.5 Å². The molecule has 5 rings (SSSR count). The summed E-state index contributed by atoms with van der Waals surface area (Å²) in [5.74, 6) is 0.585. The van der Waals surface area contributed by atoms with E-state index in [1.165, 1.54) is 16.3 Å². The molecule has 3 nitrogen and oxygen atoms in total. The minimum Gasteiger partial charge on any atom is -0.488 e. The molecule has 0 saturated heterocycles. The number of carbonyl (C=O) groups is 1. The van der Waals surface area contributed by atoms with Crippen LogP contribution in [0.15, 0.2) is 91.0 Å². The van der Waals surface area contributed by atoms with Gasteiger partial charge in [0, 0.05) is 11.6 Å². The molecule has 164 valence electrons. The van der Waals surface area contributed by atoms with Crippen LogP contribution >= 0.6 is 0 Å². The molecular weight excluding hydrogens is 408 g/mol. The van der Waals surface area contributed by atoms with Gasteiger partial charge in [-0.05, 0) is 76.6 Å². The fourth-order valence-corrected chi connectivity index (χ4v) is 4.44. The van der Waals surface area contributed by atoms with Crippen LogP contribution in [0.4, 0.5) is 0 Å². The van der Waals surface area contributed by atoms with Gasteiger partial charge in [-0.3, -0.25) is 0 Å². The van der Waals surface area contributed by atoms with E-state index in [1.807, 2.05) is 25.1 Å². The lowest BCUT2D eigenvalue weighted by atomic mass is 9.96. The standard InChI is InChI=1S/C30H26O3/c1-2-32-30(31)18-26-15-14-25-17-29(33-20-21-8-4-3-5-9-21)28(19-27(25)26)24-13-12-22-10-6-7-11-23(22)16-24/h3-13,16-19H,2,14-15,20H2,1H3. The van der Waals surface area contributed by atoms with Crippen molar-refractivity contribution in [2.75, 3.05) is 6.61 Å². The van der Waals surface area contributed by atoms with Gasteiger partial charge in [-0.25, -0.2) is 4.79 Å². The van der Waals surface area contributed by atoms with E-state index in [4.69, 9.17) is 9.47 Å². The molecule has 0 saturated carbocycles. The van der Waals surface area contributed by atoms with Crippen LogP contribution in [0.2, 0.25) is 0 Å². The number of hydrogen-bond acceptors (Lipinski definition) is 3. The first-order chi connectivity index (χ1) is 16.2. The van der Waals surface area contributed by atoms with Crippen molar-refractivity contribution in [1.29, 1.82) is 0 Å². The summed E-state index contributed by atoms with van der Waals surface area (Å²) < 4.78 is 11.5. The minimum atomic E-state index is -0.281. The van der Waals surface area contributed by atoms with Crippen LogP contribution in [0, 0.1) is 0 Å². The van der Waals surface area contributed by atoms with Crippen molar-refractivity contribution in [3.05, 3.63) is 108 Å². The van der Waals surface area contributed by atoms with Crippen molar-refractivity contribution in [3.63, 3.8) is 0 Å². The number of fused-ring (bicyclic) bond motifs is 2. The number of hydrogen-bond donors (Lipinski definition) is 0. The Morgan fingerprint density at radius 1 is 0.848 bits per heavy atom. The van der Waals surface area contributed by atoms with Gasteiger partial charge in [-0.2, -0.15) is 0 Å². The topological polar surface area (TPSA) is 35.5 Å². The molecule has 0 amide bonds. The molecule has 4 aromatic carbocycles. The zero-order valence-electron chi connectivity index (χ0n) is 18.7. The third-order valence-corrected chi connectivity index (χ3v) is 6.09. The lowest BCUT2D eigenvalue weighted by Crippen LogP contribution is -2.01. The van der Waals surface area contributed by atoms with Gasteiger partial charge in [0.25, 0.3) is 0 Å². The van der Waals surface area contributed by atoms with Crippen molar-refractivity contribution >= 4 is 22.3 Å². The van der Waals surface area contributed by atoms with E-state index in [2.05, 4.69) is 66.7 Å². The number of esters is 1. The fraction of sp³-hybridized carbons (Fsp3) is 0.167. The Morgan fingerprint density at radius 2 is 1.64 bits per heavy atom. The Morgan fingerprint density at radius 3 is 2.45 bits per heavy atom. The Kier molecular flexibility index (Phi) is 5.95. The molecule has 4 aromatic rings. The Balaban J connectivity index is 1.58. The predicted octanol–water partition coefficient (Wildman–Crippen LogP) is 6.98. The quantitative estimate of drug-likeness (QED) is 0.243. The highest BCUT2D eigenvalue weighted by Gasteiger charge is 2.22. The van der Waals surface area contributed by atoms with E-state index in [9.17, 15) is 4.79 Å². The van der Waals surface area contributed by atoms with Gasteiger partial charge in [0.2, 0.25) is 0 Å². The average molecular weight is 435 g/mol. The van der Waals surface area contributed by atoms with Gasteiger partial charge >= 0.3 is 5.97 Å². The molecule has 0 bridgehead atoms. The van der Waals surface area contributed by atoms with E-state index in [0.717, 1.165) is 46.4 Å².